The summed E-state index contributed by atoms with van der Waals surface area (Å²) in [6.07, 6.45) is 12.7. The topological polar surface area (TPSA) is 125 Å². The Labute approximate surface area is 269 Å². The van der Waals surface area contributed by atoms with Crippen LogP contribution < -0.4 is 16.0 Å². The lowest BCUT2D eigenvalue weighted by atomic mass is 9.49. The Morgan fingerprint density at radius 2 is 1.49 bits per heavy atom. The highest BCUT2D eigenvalue weighted by molar-refractivity contribution is 6.38. The summed E-state index contributed by atoms with van der Waals surface area (Å²) in [5.41, 5.74) is -0.481. The average Bonchev–Trinajstić information content (AvgIpc) is 3.49. The summed E-state index contributed by atoms with van der Waals surface area (Å²) >= 11 is 0. The maximum atomic E-state index is 14.5. The van der Waals surface area contributed by atoms with Crippen LogP contribution in [-0.2, 0) is 24.0 Å². The fraction of sp³-hybridized carbons (Fsp3) is 0.861. The molecule has 7 rings (SSSR count). The van der Waals surface area contributed by atoms with Gasteiger partial charge in [0.15, 0.2) is 0 Å². The normalized spacial score (nSPS) is 34.8. The van der Waals surface area contributed by atoms with Crippen LogP contribution in [0.4, 0.5) is 0 Å². The van der Waals surface area contributed by atoms with Gasteiger partial charge in [-0.2, -0.15) is 0 Å². The smallest absolute Gasteiger partial charge is 0.289 e. The van der Waals surface area contributed by atoms with Crippen LogP contribution in [0.15, 0.2) is 0 Å². The highest BCUT2D eigenvalue weighted by atomic mass is 16.2. The molecule has 0 unspecified atom stereocenters. The third-order valence-corrected chi connectivity index (χ3v) is 12.0. The van der Waals surface area contributed by atoms with Gasteiger partial charge < -0.3 is 20.9 Å². The maximum absolute atomic E-state index is 14.5. The van der Waals surface area contributed by atoms with Crippen molar-refractivity contribution in [3.05, 3.63) is 0 Å². The van der Waals surface area contributed by atoms with Gasteiger partial charge in [0.05, 0.1) is 6.04 Å². The van der Waals surface area contributed by atoms with Crippen LogP contribution in [0, 0.1) is 46.3 Å². The van der Waals surface area contributed by atoms with Crippen LogP contribution in [0.3, 0.4) is 0 Å². The van der Waals surface area contributed by atoms with E-state index in [-0.39, 0.29) is 46.9 Å². The van der Waals surface area contributed by atoms with Gasteiger partial charge in [-0.25, -0.2) is 0 Å². The van der Waals surface area contributed by atoms with Crippen LogP contribution in [0.1, 0.15) is 118 Å². The monoisotopic (exact) mass is 624 g/mol. The van der Waals surface area contributed by atoms with Crippen LogP contribution in [-0.4, -0.2) is 65.0 Å². The molecule has 3 N–H and O–H groups in total. The lowest BCUT2D eigenvalue weighted by Gasteiger charge is -2.56. The van der Waals surface area contributed by atoms with Gasteiger partial charge >= 0.3 is 0 Å². The number of nitrogens with zero attached hydrogens (tertiary/aromatic N) is 1. The summed E-state index contributed by atoms with van der Waals surface area (Å²) in [6, 6.07) is -2.37. The Balaban J connectivity index is 1.17. The number of ketones is 1. The second-order valence-electron chi connectivity index (χ2n) is 17.6. The van der Waals surface area contributed by atoms with Crippen molar-refractivity contribution in [1.29, 1.82) is 0 Å². The van der Waals surface area contributed by atoms with E-state index >= 15 is 0 Å². The van der Waals surface area contributed by atoms with Crippen LogP contribution in [0.25, 0.3) is 0 Å². The SMILES string of the molecule is CC(C)C[C@H](NC(=O)[C@@H]1[C@H]2CCC[C@H]2CN1C(=O)[C@@H](NC(=O)CC12CC3CC(CC(C3)C1)C2)C(C)(C)C)C(=O)C(=O)NC1CC1. The van der Waals surface area contributed by atoms with E-state index in [0.29, 0.717) is 19.4 Å². The molecule has 1 heterocycles. The second-order valence-corrected chi connectivity index (χ2v) is 17.6. The van der Waals surface area contributed by atoms with Gasteiger partial charge in [-0.15, -0.1) is 0 Å². The zero-order valence-corrected chi connectivity index (χ0v) is 28.2. The Kier molecular flexibility index (Phi) is 8.88. The third-order valence-electron chi connectivity index (χ3n) is 12.0. The molecule has 45 heavy (non-hydrogen) atoms. The van der Waals surface area contributed by atoms with Gasteiger partial charge in [-0.05, 0) is 117 Å². The zero-order valence-electron chi connectivity index (χ0n) is 28.2. The predicted octanol–water partition coefficient (Wildman–Crippen LogP) is 4.13. The molecule has 1 saturated heterocycles. The summed E-state index contributed by atoms with van der Waals surface area (Å²) in [5, 5.41) is 8.89. The number of carbonyl (C=O) groups is 5. The first-order valence-corrected chi connectivity index (χ1v) is 18.0. The number of amides is 4. The van der Waals surface area contributed by atoms with Gasteiger partial charge in [-0.3, -0.25) is 24.0 Å². The molecule has 250 valence electrons. The molecule has 0 aromatic rings. The van der Waals surface area contributed by atoms with E-state index in [1.165, 1.54) is 19.3 Å². The highest BCUT2D eigenvalue weighted by Crippen LogP contribution is 2.61. The van der Waals surface area contributed by atoms with Crippen LogP contribution in [0.2, 0.25) is 0 Å². The first-order chi connectivity index (χ1) is 21.2. The molecule has 5 atom stereocenters. The number of Topliss-reactive ketones (excluding diaryl/α,β-unsaturated/α-hetero) is 1. The lowest BCUT2D eigenvalue weighted by molar-refractivity contribution is -0.146. The molecule has 7 fully saturated rings. The Morgan fingerprint density at radius 1 is 0.867 bits per heavy atom. The van der Waals surface area contributed by atoms with Gasteiger partial charge in [0.25, 0.3) is 5.91 Å². The van der Waals surface area contributed by atoms with Crippen molar-refractivity contribution in [3.8, 4) is 0 Å². The van der Waals surface area contributed by atoms with E-state index in [1.807, 2.05) is 34.6 Å². The van der Waals surface area contributed by atoms with E-state index in [2.05, 4.69) is 16.0 Å². The number of carbonyl (C=O) groups excluding carboxylic acids is 5. The summed E-state index contributed by atoms with van der Waals surface area (Å²) < 4.78 is 0. The first kappa shape index (κ1) is 32.5. The molecule has 6 saturated carbocycles. The fourth-order valence-corrected chi connectivity index (χ4v) is 10.3. The van der Waals surface area contributed by atoms with Gasteiger partial charge in [0.2, 0.25) is 23.5 Å². The number of fused-ring (bicyclic) bond motifs is 1. The molecule has 9 heteroatoms. The van der Waals surface area contributed by atoms with Crippen molar-refractivity contribution in [3.63, 3.8) is 0 Å². The van der Waals surface area contributed by atoms with E-state index in [4.69, 9.17) is 0 Å². The van der Waals surface area contributed by atoms with Crippen molar-refractivity contribution in [2.45, 2.75) is 142 Å². The minimum Gasteiger partial charge on any atom is -0.347 e. The van der Waals surface area contributed by atoms with Crippen molar-refractivity contribution >= 4 is 29.4 Å². The molecular formula is C36H56N4O5. The van der Waals surface area contributed by atoms with E-state index in [1.54, 1.807) is 4.90 Å². The number of rotatable bonds is 11. The standard InChI is InChI=1S/C36H56N4O5/c1-20(2)11-27(30(42)33(44)37-25-9-10-25)38-32(43)29-26-8-6-7-24(26)19-40(29)34(45)31(35(3,4)5)39-28(41)18-36-15-21-12-22(16-36)14-23(13-21)17-36/h20-27,29,31H,6-19H2,1-5H3,(H,37,44)(H,38,43)(H,39,41)/t21?,22?,23?,24-,26-,27-,29-,31+,36?/m0/s1. The molecule has 6 aliphatic carbocycles. The molecule has 0 radical (unpaired) electrons. The number of likely N-dealkylation sites (tertiary alicyclic amines) is 1. The maximum Gasteiger partial charge on any atom is 0.289 e. The molecule has 7 aliphatic rings. The molecule has 0 spiro atoms. The van der Waals surface area contributed by atoms with Gasteiger partial charge in [0.1, 0.15) is 12.1 Å². The molecule has 1 aliphatic heterocycles. The van der Waals surface area contributed by atoms with Gasteiger partial charge in [-0.1, -0.05) is 41.0 Å². The Morgan fingerprint density at radius 3 is 2.04 bits per heavy atom. The molecule has 4 amide bonds. The molecule has 4 bridgehead atoms. The third kappa shape index (κ3) is 6.97. The number of hydrogen-bond donors (Lipinski definition) is 3. The fourth-order valence-electron chi connectivity index (χ4n) is 10.3. The Bertz CT molecular complexity index is 1170. The first-order valence-electron chi connectivity index (χ1n) is 18.0. The summed E-state index contributed by atoms with van der Waals surface area (Å²) in [4.78, 5) is 69.9. The number of nitrogens with one attached hydrogen (secondary N) is 3. The summed E-state index contributed by atoms with van der Waals surface area (Å²) in [5.74, 6) is 0.674. The quantitative estimate of drug-likeness (QED) is 0.298. The summed E-state index contributed by atoms with van der Waals surface area (Å²) in [7, 11) is 0. The van der Waals surface area contributed by atoms with Gasteiger partial charge in [0, 0.05) is 19.0 Å². The molecule has 9 nitrogen and oxygen atoms in total. The van der Waals surface area contributed by atoms with E-state index in [0.717, 1.165) is 69.1 Å². The van der Waals surface area contributed by atoms with Crippen LogP contribution in [0.5, 0.6) is 0 Å². The second kappa shape index (κ2) is 12.3. The minimum atomic E-state index is -0.938. The van der Waals surface area contributed by atoms with Crippen molar-refractivity contribution in [1.82, 2.24) is 20.9 Å². The molecular weight excluding hydrogens is 568 g/mol. The number of hydrogen-bond acceptors (Lipinski definition) is 5. The molecule has 0 aromatic heterocycles. The zero-order chi connectivity index (χ0) is 32.3. The summed E-state index contributed by atoms with van der Waals surface area (Å²) in [6.45, 7) is 10.3. The minimum absolute atomic E-state index is 0.00684. The largest absolute Gasteiger partial charge is 0.347 e. The average molecular weight is 625 g/mol. The van der Waals surface area contributed by atoms with Crippen molar-refractivity contribution in [2.75, 3.05) is 6.54 Å². The Hall–Kier alpha value is -2.45. The highest BCUT2D eigenvalue weighted by Gasteiger charge is 2.54. The van der Waals surface area contributed by atoms with E-state index in [9.17, 15) is 24.0 Å². The van der Waals surface area contributed by atoms with Crippen LogP contribution >= 0.6 is 0 Å². The van der Waals surface area contributed by atoms with E-state index < -0.39 is 35.2 Å². The lowest BCUT2D eigenvalue weighted by Crippen LogP contribution is -2.60. The van der Waals surface area contributed by atoms with Crippen molar-refractivity contribution in [2.24, 2.45) is 46.3 Å². The predicted molar refractivity (Wildman–Crippen MR) is 170 cm³/mol. The molecule has 0 aromatic carbocycles. The van der Waals surface area contributed by atoms with Crippen molar-refractivity contribution < 1.29 is 24.0 Å².